The monoisotopic (exact) mass is 345 g/mol. The van der Waals surface area contributed by atoms with Gasteiger partial charge in [0, 0.05) is 17.0 Å². The summed E-state index contributed by atoms with van der Waals surface area (Å²) in [4.78, 5) is 17.5. The van der Waals surface area contributed by atoms with Crippen molar-refractivity contribution >= 4 is 40.3 Å². The summed E-state index contributed by atoms with van der Waals surface area (Å²) in [7, 11) is 1.96. The van der Waals surface area contributed by atoms with Crippen molar-refractivity contribution in [3.63, 3.8) is 0 Å². The smallest absolute Gasteiger partial charge is 0.230 e. The van der Waals surface area contributed by atoms with Crippen molar-refractivity contribution in [1.82, 2.24) is 14.9 Å². The number of aryl methyl sites for hydroxylation is 1. The molecule has 0 aliphatic rings. The Morgan fingerprint density at radius 2 is 1.96 bits per heavy atom. The van der Waals surface area contributed by atoms with Gasteiger partial charge in [-0.25, -0.2) is 4.98 Å². The molecule has 1 amide bonds. The van der Waals surface area contributed by atoms with Crippen molar-refractivity contribution < 1.29 is 4.79 Å². The minimum atomic E-state index is -0.0167. The summed E-state index contributed by atoms with van der Waals surface area (Å²) in [6.07, 6.45) is 0. The van der Waals surface area contributed by atoms with E-state index in [1.807, 2.05) is 60.1 Å². The van der Waals surface area contributed by atoms with Gasteiger partial charge in [-0.15, -0.1) is 11.8 Å². The van der Waals surface area contributed by atoms with Crippen LogP contribution < -0.4 is 5.32 Å². The molecular weight excluding hydrogens is 330 g/mol. The van der Waals surface area contributed by atoms with Gasteiger partial charge in [0.25, 0.3) is 0 Å². The second kappa shape index (κ2) is 7.06. The average Bonchev–Trinajstić information content (AvgIpc) is 2.89. The summed E-state index contributed by atoms with van der Waals surface area (Å²) in [6.45, 7) is 0.422. The first-order valence-electron chi connectivity index (χ1n) is 7.19. The fourth-order valence-electron chi connectivity index (χ4n) is 2.26. The molecule has 0 saturated heterocycles. The predicted molar refractivity (Wildman–Crippen MR) is 94.7 cm³/mol. The van der Waals surface area contributed by atoms with Crippen LogP contribution in [0.5, 0.6) is 0 Å². The van der Waals surface area contributed by atoms with E-state index in [2.05, 4.69) is 10.3 Å². The number of amides is 1. The molecule has 1 aromatic heterocycles. The number of nitrogens with one attached hydrogen (secondary N) is 1. The third kappa shape index (κ3) is 3.86. The van der Waals surface area contributed by atoms with E-state index in [4.69, 9.17) is 11.6 Å². The van der Waals surface area contributed by atoms with Crippen LogP contribution in [0.3, 0.4) is 0 Å². The van der Waals surface area contributed by atoms with Gasteiger partial charge < -0.3 is 9.88 Å². The van der Waals surface area contributed by atoms with Gasteiger partial charge in [0.2, 0.25) is 5.91 Å². The van der Waals surface area contributed by atoms with Gasteiger partial charge >= 0.3 is 0 Å². The molecule has 0 aliphatic heterocycles. The molecule has 3 rings (SSSR count). The fraction of sp³-hybridized carbons (Fsp3) is 0.176. The van der Waals surface area contributed by atoms with E-state index in [0.717, 1.165) is 21.8 Å². The molecule has 4 nitrogen and oxygen atoms in total. The molecule has 2 aromatic carbocycles. The molecule has 6 heteroatoms. The lowest BCUT2D eigenvalue weighted by atomic mass is 10.3. The molecule has 118 valence electrons. The Labute approximate surface area is 143 Å². The molecular formula is C17H16ClN3OS. The van der Waals surface area contributed by atoms with Crippen molar-refractivity contribution in [3.05, 3.63) is 59.4 Å². The summed E-state index contributed by atoms with van der Waals surface area (Å²) >= 11 is 7.33. The molecule has 0 aliphatic carbocycles. The molecule has 0 unspecified atom stereocenters. The zero-order valence-corrected chi connectivity index (χ0v) is 14.2. The second-order valence-electron chi connectivity index (χ2n) is 5.10. The molecule has 0 spiro atoms. The highest BCUT2D eigenvalue weighted by Crippen LogP contribution is 2.20. The van der Waals surface area contributed by atoms with Gasteiger partial charge in [-0.1, -0.05) is 23.7 Å². The van der Waals surface area contributed by atoms with E-state index < -0.39 is 0 Å². The number of halogens is 1. The van der Waals surface area contributed by atoms with E-state index in [1.54, 1.807) is 0 Å². The molecule has 0 atom stereocenters. The second-order valence-corrected chi connectivity index (χ2v) is 6.58. The van der Waals surface area contributed by atoms with Crippen LogP contribution in [0, 0.1) is 0 Å². The number of fused-ring (bicyclic) bond motifs is 1. The van der Waals surface area contributed by atoms with Crippen LogP contribution in [-0.4, -0.2) is 21.2 Å². The Hall–Kier alpha value is -1.98. The first-order chi connectivity index (χ1) is 11.1. The topological polar surface area (TPSA) is 46.9 Å². The number of aromatic nitrogens is 2. The lowest BCUT2D eigenvalue weighted by Crippen LogP contribution is -2.26. The lowest BCUT2D eigenvalue weighted by molar-refractivity contribution is -0.118. The van der Waals surface area contributed by atoms with Crippen LogP contribution in [0.1, 0.15) is 5.82 Å². The van der Waals surface area contributed by atoms with Crippen LogP contribution in [0.15, 0.2) is 53.4 Å². The number of carbonyl (C=O) groups excluding carboxylic acids is 1. The summed E-state index contributed by atoms with van der Waals surface area (Å²) in [5.41, 5.74) is 2.00. The van der Waals surface area contributed by atoms with Gasteiger partial charge in [-0.05, 0) is 36.4 Å². The summed E-state index contributed by atoms with van der Waals surface area (Å²) < 4.78 is 2.00. The van der Waals surface area contributed by atoms with Crippen LogP contribution in [-0.2, 0) is 18.4 Å². The van der Waals surface area contributed by atoms with Crippen LogP contribution >= 0.6 is 23.4 Å². The number of rotatable bonds is 5. The molecule has 0 bridgehead atoms. The number of carbonyl (C=O) groups is 1. The first kappa shape index (κ1) is 15.9. The van der Waals surface area contributed by atoms with E-state index in [9.17, 15) is 4.79 Å². The Morgan fingerprint density at radius 1 is 1.22 bits per heavy atom. The number of thioether (sulfide) groups is 1. The zero-order chi connectivity index (χ0) is 16.2. The SMILES string of the molecule is Cn1c(CNC(=O)CSc2ccc(Cl)cc2)nc2ccccc21. The van der Waals surface area contributed by atoms with Gasteiger partial charge in [0.05, 0.1) is 23.3 Å². The Morgan fingerprint density at radius 3 is 2.70 bits per heavy atom. The molecule has 0 fully saturated rings. The third-order valence-electron chi connectivity index (χ3n) is 3.51. The molecule has 1 N–H and O–H groups in total. The molecule has 1 heterocycles. The lowest BCUT2D eigenvalue weighted by Gasteiger charge is -2.06. The number of nitrogens with zero attached hydrogens (tertiary/aromatic N) is 2. The maximum Gasteiger partial charge on any atom is 0.230 e. The summed E-state index contributed by atoms with van der Waals surface area (Å²) in [5, 5.41) is 3.61. The average molecular weight is 346 g/mol. The Balaban J connectivity index is 1.55. The van der Waals surface area contributed by atoms with Gasteiger partial charge in [-0.2, -0.15) is 0 Å². The summed E-state index contributed by atoms with van der Waals surface area (Å²) in [5.74, 6) is 1.19. The largest absolute Gasteiger partial charge is 0.348 e. The molecule has 0 saturated carbocycles. The fourth-order valence-corrected chi connectivity index (χ4v) is 3.12. The van der Waals surface area contributed by atoms with Gasteiger partial charge in [-0.3, -0.25) is 4.79 Å². The minimum Gasteiger partial charge on any atom is -0.348 e. The van der Waals surface area contributed by atoms with Crippen LogP contribution in [0.4, 0.5) is 0 Å². The van der Waals surface area contributed by atoms with E-state index in [1.165, 1.54) is 11.8 Å². The Bertz CT molecular complexity index is 829. The van der Waals surface area contributed by atoms with Crippen LogP contribution in [0.2, 0.25) is 5.02 Å². The first-order valence-corrected chi connectivity index (χ1v) is 8.55. The Kier molecular flexibility index (Phi) is 4.88. The van der Waals surface area contributed by atoms with Crippen molar-refractivity contribution in [1.29, 1.82) is 0 Å². The maximum absolute atomic E-state index is 12.0. The number of hydrogen-bond acceptors (Lipinski definition) is 3. The quantitative estimate of drug-likeness (QED) is 0.718. The maximum atomic E-state index is 12.0. The minimum absolute atomic E-state index is 0.0167. The molecule has 3 aromatic rings. The van der Waals surface area contributed by atoms with Crippen molar-refractivity contribution in [2.24, 2.45) is 7.05 Å². The van der Waals surface area contributed by atoms with Gasteiger partial charge in [0.15, 0.2) is 0 Å². The van der Waals surface area contributed by atoms with Gasteiger partial charge in [0.1, 0.15) is 5.82 Å². The van der Waals surface area contributed by atoms with Crippen molar-refractivity contribution in [2.75, 3.05) is 5.75 Å². The van der Waals surface area contributed by atoms with Crippen molar-refractivity contribution in [2.45, 2.75) is 11.4 Å². The number of para-hydroxylation sites is 2. The molecule has 0 radical (unpaired) electrons. The van der Waals surface area contributed by atoms with E-state index in [-0.39, 0.29) is 5.91 Å². The van der Waals surface area contributed by atoms with E-state index in [0.29, 0.717) is 17.3 Å². The summed E-state index contributed by atoms with van der Waals surface area (Å²) in [6, 6.07) is 15.4. The molecule has 23 heavy (non-hydrogen) atoms. The van der Waals surface area contributed by atoms with Crippen LogP contribution in [0.25, 0.3) is 11.0 Å². The van der Waals surface area contributed by atoms with Crippen molar-refractivity contribution in [3.8, 4) is 0 Å². The predicted octanol–water partition coefficient (Wildman–Crippen LogP) is 3.64. The number of benzene rings is 2. The standard InChI is InChI=1S/C17H16ClN3OS/c1-21-15-5-3-2-4-14(15)20-16(21)10-19-17(22)11-23-13-8-6-12(18)7-9-13/h2-9H,10-11H2,1H3,(H,19,22). The van der Waals surface area contributed by atoms with E-state index >= 15 is 0 Å². The highest BCUT2D eigenvalue weighted by atomic mass is 35.5. The highest BCUT2D eigenvalue weighted by molar-refractivity contribution is 8.00. The normalized spacial score (nSPS) is 10.9. The zero-order valence-electron chi connectivity index (χ0n) is 12.6. The third-order valence-corrected chi connectivity index (χ3v) is 4.77. The number of hydrogen-bond donors (Lipinski definition) is 1. The highest BCUT2D eigenvalue weighted by Gasteiger charge is 2.09. The number of imidazole rings is 1.